The molecule has 7 heteroatoms. The summed E-state index contributed by atoms with van der Waals surface area (Å²) in [6.07, 6.45) is 1.18. The highest BCUT2D eigenvalue weighted by atomic mass is 127. The molecule has 27 heavy (non-hydrogen) atoms. The van der Waals surface area contributed by atoms with Crippen LogP contribution in [-0.2, 0) is 4.74 Å². The summed E-state index contributed by atoms with van der Waals surface area (Å²) in [5, 5.41) is 6.94. The van der Waals surface area contributed by atoms with Crippen LogP contribution in [0.1, 0.15) is 27.2 Å². The molecule has 2 atom stereocenters. The molecule has 0 aliphatic carbocycles. The first-order valence-electron chi connectivity index (χ1n) is 9.27. The molecule has 1 aromatic carbocycles. The number of para-hydroxylation sites is 2. The second kappa shape index (κ2) is 10.9. The Balaban J connectivity index is 0.00000364. The van der Waals surface area contributed by atoms with Crippen LogP contribution < -0.4 is 20.3 Å². The number of nitrogens with one attached hydrogen (secondary N) is 2. The van der Waals surface area contributed by atoms with Crippen LogP contribution in [0.2, 0.25) is 0 Å². The predicted octanol–water partition coefficient (Wildman–Crippen LogP) is 3.12. The molecule has 1 fully saturated rings. The number of aliphatic imine (C=N–C) groups is 1. The van der Waals surface area contributed by atoms with Crippen molar-refractivity contribution in [1.82, 2.24) is 10.6 Å². The molecule has 6 nitrogen and oxygen atoms in total. The number of anilines is 1. The van der Waals surface area contributed by atoms with Crippen molar-refractivity contribution in [3.8, 4) is 5.75 Å². The zero-order chi connectivity index (χ0) is 19.2. The molecule has 2 N–H and O–H groups in total. The third-order valence-electron chi connectivity index (χ3n) is 4.88. The Bertz CT molecular complexity index is 604. The molecule has 0 aromatic heterocycles. The number of halogens is 1. The molecule has 154 valence electrons. The van der Waals surface area contributed by atoms with Crippen molar-refractivity contribution in [3.63, 3.8) is 0 Å². The highest BCUT2D eigenvalue weighted by Gasteiger charge is 2.27. The van der Waals surface area contributed by atoms with Crippen molar-refractivity contribution >= 4 is 35.6 Å². The molecule has 2 rings (SSSR count). The van der Waals surface area contributed by atoms with Gasteiger partial charge in [0, 0.05) is 39.8 Å². The number of hydrogen-bond donors (Lipinski definition) is 2. The quantitative estimate of drug-likeness (QED) is 0.365. The molecule has 1 heterocycles. The molecule has 0 radical (unpaired) electrons. The van der Waals surface area contributed by atoms with Crippen LogP contribution in [0.4, 0.5) is 5.69 Å². The van der Waals surface area contributed by atoms with Gasteiger partial charge in [0.15, 0.2) is 5.96 Å². The summed E-state index contributed by atoms with van der Waals surface area (Å²) >= 11 is 0. The van der Waals surface area contributed by atoms with Gasteiger partial charge in [-0.3, -0.25) is 4.99 Å². The van der Waals surface area contributed by atoms with E-state index in [2.05, 4.69) is 53.4 Å². The number of benzene rings is 1. The second-order valence-corrected chi connectivity index (χ2v) is 7.79. The Hall–Kier alpha value is -1.22. The van der Waals surface area contributed by atoms with Gasteiger partial charge in [-0.25, -0.2) is 0 Å². The third kappa shape index (κ3) is 6.71. The molecule has 1 saturated heterocycles. The van der Waals surface area contributed by atoms with Crippen LogP contribution in [0, 0.1) is 5.41 Å². The summed E-state index contributed by atoms with van der Waals surface area (Å²) in [6, 6.07) is 8.52. The van der Waals surface area contributed by atoms with Crippen molar-refractivity contribution in [2.45, 2.75) is 39.3 Å². The highest BCUT2D eigenvalue weighted by Crippen LogP contribution is 2.30. The second-order valence-electron chi connectivity index (χ2n) is 7.79. The van der Waals surface area contributed by atoms with E-state index in [9.17, 15) is 0 Å². The predicted molar refractivity (Wildman–Crippen MR) is 124 cm³/mol. The molecular weight excluding hydrogens is 455 g/mol. The molecule has 0 spiro atoms. The van der Waals surface area contributed by atoms with Gasteiger partial charge < -0.3 is 25.0 Å². The Morgan fingerprint density at radius 2 is 2.00 bits per heavy atom. The minimum Gasteiger partial charge on any atom is -0.495 e. The van der Waals surface area contributed by atoms with E-state index in [0.717, 1.165) is 43.5 Å². The van der Waals surface area contributed by atoms with Gasteiger partial charge in [0.2, 0.25) is 0 Å². The maximum Gasteiger partial charge on any atom is 0.191 e. The monoisotopic (exact) mass is 490 g/mol. The average molecular weight is 490 g/mol. The fraction of sp³-hybridized carbons (Fsp3) is 0.650. The molecule has 1 aromatic rings. The van der Waals surface area contributed by atoms with E-state index in [1.807, 2.05) is 12.1 Å². The summed E-state index contributed by atoms with van der Waals surface area (Å²) in [5.74, 6) is 1.74. The minimum absolute atomic E-state index is 0. The Kier molecular flexibility index (Phi) is 9.66. The largest absolute Gasteiger partial charge is 0.495 e. The Morgan fingerprint density at radius 3 is 2.59 bits per heavy atom. The number of rotatable bonds is 6. The van der Waals surface area contributed by atoms with Crippen molar-refractivity contribution < 1.29 is 9.47 Å². The van der Waals surface area contributed by atoms with Gasteiger partial charge in [-0.1, -0.05) is 32.9 Å². The summed E-state index contributed by atoms with van der Waals surface area (Å²) in [5.41, 5.74) is 1.23. The summed E-state index contributed by atoms with van der Waals surface area (Å²) in [6.45, 7) is 9.19. The van der Waals surface area contributed by atoms with Crippen LogP contribution in [-0.4, -0.2) is 59.0 Å². The van der Waals surface area contributed by atoms with Gasteiger partial charge >= 0.3 is 0 Å². The normalized spacial score (nSPS) is 18.7. The highest BCUT2D eigenvalue weighted by molar-refractivity contribution is 14.0. The lowest BCUT2D eigenvalue weighted by Gasteiger charge is -2.30. The lowest BCUT2D eigenvalue weighted by atomic mass is 9.89. The smallest absolute Gasteiger partial charge is 0.191 e. The molecule has 0 amide bonds. The fourth-order valence-corrected chi connectivity index (χ4v) is 3.31. The first-order chi connectivity index (χ1) is 12.4. The van der Waals surface area contributed by atoms with Crippen LogP contribution in [0.15, 0.2) is 29.3 Å². The molecule has 0 saturated carbocycles. The van der Waals surface area contributed by atoms with Gasteiger partial charge in [0.25, 0.3) is 0 Å². The van der Waals surface area contributed by atoms with E-state index in [1.165, 1.54) is 0 Å². The fourth-order valence-electron chi connectivity index (χ4n) is 3.31. The maximum absolute atomic E-state index is 5.61. The van der Waals surface area contributed by atoms with E-state index in [4.69, 9.17) is 9.47 Å². The summed E-state index contributed by atoms with van der Waals surface area (Å²) in [4.78, 5) is 6.73. The third-order valence-corrected chi connectivity index (χ3v) is 4.88. The molecule has 1 aliphatic rings. The van der Waals surface area contributed by atoms with E-state index < -0.39 is 0 Å². The van der Waals surface area contributed by atoms with Crippen LogP contribution in [0.3, 0.4) is 0 Å². The lowest BCUT2D eigenvalue weighted by molar-refractivity contribution is 0.0205. The van der Waals surface area contributed by atoms with Crippen LogP contribution in [0.5, 0.6) is 5.75 Å². The van der Waals surface area contributed by atoms with E-state index >= 15 is 0 Å². The number of guanidine groups is 1. The van der Waals surface area contributed by atoms with Gasteiger partial charge in [-0.05, 0) is 24.0 Å². The van der Waals surface area contributed by atoms with Gasteiger partial charge in [-0.15, -0.1) is 24.0 Å². The van der Waals surface area contributed by atoms with E-state index in [1.54, 1.807) is 21.3 Å². The molecule has 1 aliphatic heterocycles. The van der Waals surface area contributed by atoms with E-state index in [0.29, 0.717) is 6.04 Å². The zero-order valence-electron chi connectivity index (χ0n) is 17.4. The molecule has 2 unspecified atom stereocenters. The first-order valence-corrected chi connectivity index (χ1v) is 9.27. The van der Waals surface area contributed by atoms with Crippen LogP contribution >= 0.6 is 24.0 Å². The topological polar surface area (TPSA) is 58.1 Å². The van der Waals surface area contributed by atoms with E-state index in [-0.39, 0.29) is 35.5 Å². The van der Waals surface area contributed by atoms with Crippen molar-refractivity contribution in [2.24, 2.45) is 10.4 Å². The number of nitrogens with zero attached hydrogens (tertiary/aromatic N) is 2. The standard InChI is InChI=1S/C20H34N4O2.HI/c1-20(2,3)18(26-6)13-22-19(21-4)23-15-11-12-24(14-15)16-9-7-8-10-17(16)25-5;/h7-10,15,18H,11-14H2,1-6H3,(H2,21,22,23);1H. The van der Waals surface area contributed by atoms with Crippen molar-refractivity contribution in [1.29, 1.82) is 0 Å². The van der Waals surface area contributed by atoms with Gasteiger partial charge in [-0.2, -0.15) is 0 Å². The maximum atomic E-state index is 5.61. The number of ether oxygens (including phenoxy) is 2. The van der Waals surface area contributed by atoms with Gasteiger partial charge in [0.05, 0.1) is 18.9 Å². The number of hydrogen-bond acceptors (Lipinski definition) is 4. The lowest BCUT2D eigenvalue weighted by Crippen LogP contribution is -2.48. The Labute approximate surface area is 181 Å². The molecular formula is C20H35IN4O2. The number of methoxy groups -OCH3 is 2. The first kappa shape index (κ1) is 23.8. The zero-order valence-corrected chi connectivity index (χ0v) is 19.7. The van der Waals surface area contributed by atoms with Gasteiger partial charge in [0.1, 0.15) is 5.75 Å². The van der Waals surface area contributed by atoms with Crippen LogP contribution in [0.25, 0.3) is 0 Å². The SMILES string of the molecule is CN=C(NCC(OC)C(C)(C)C)NC1CCN(c2ccccc2OC)C1.I. The average Bonchev–Trinajstić information content (AvgIpc) is 3.08. The Morgan fingerprint density at radius 1 is 1.30 bits per heavy atom. The minimum atomic E-state index is 0. The summed E-state index contributed by atoms with van der Waals surface area (Å²) < 4.78 is 11.1. The van der Waals surface area contributed by atoms with Crippen molar-refractivity contribution in [3.05, 3.63) is 24.3 Å². The molecule has 0 bridgehead atoms. The van der Waals surface area contributed by atoms with Crippen molar-refractivity contribution in [2.75, 3.05) is 45.8 Å². The summed E-state index contributed by atoms with van der Waals surface area (Å²) in [7, 11) is 5.29.